The summed E-state index contributed by atoms with van der Waals surface area (Å²) in [7, 11) is 0. The molecule has 0 radical (unpaired) electrons. The Bertz CT molecular complexity index is 1550. The van der Waals surface area contributed by atoms with Crippen molar-refractivity contribution in [1.29, 1.82) is 0 Å². The van der Waals surface area contributed by atoms with Crippen LogP contribution in [0.2, 0.25) is 0 Å². The summed E-state index contributed by atoms with van der Waals surface area (Å²) in [4.78, 5) is 64.5. The Morgan fingerprint density at radius 3 is 2.52 bits per heavy atom. The van der Waals surface area contributed by atoms with Gasteiger partial charge < -0.3 is 34.9 Å². The first kappa shape index (κ1) is 35.1. The lowest BCUT2D eigenvalue weighted by molar-refractivity contribution is -0.757. The standard InChI is InChI=1S/C33H39FN2O12/c1-30-12-11-21(37)14-20(30)7-10-23-24-15-25(38)33(43,31(24,2)16-26(39)32(23,30)34)27(40)18-46-28(41)17-35-29(42)48-22-8-5-19(6-9-22)4-3-13-47-36(44)45/h5-6,8-9,11-12,14,23-26,38-39,43H,3-4,7,10,13,15-18H2,1-2H3,(H,35,42)/t23?,24?,25-,26+,30+,31+,32+,33+/m1/s1. The van der Waals surface area contributed by atoms with Gasteiger partial charge >= 0.3 is 12.1 Å². The number of nitrogens with one attached hydrogen (secondary N) is 1. The average Bonchev–Trinajstić information content (AvgIpc) is 3.24. The van der Waals surface area contributed by atoms with Crippen LogP contribution in [-0.2, 0) is 30.4 Å². The number of aryl methyl sites for hydroxylation is 1. The molecule has 2 unspecified atom stereocenters. The minimum atomic E-state index is -2.46. The number of carbonyl (C=O) groups is 4. The first-order valence-corrected chi connectivity index (χ1v) is 15.8. The highest BCUT2D eigenvalue weighted by Crippen LogP contribution is 2.69. The van der Waals surface area contributed by atoms with E-state index < -0.39 is 82.2 Å². The van der Waals surface area contributed by atoms with Gasteiger partial charge in [0.25, 0.3) is 5.09 Å². The average molecular weight is 675 g/mol. The second-order valence-corrected chi connectivity index (χ2v) is 13.4. The maximum Gasteiger partial charge on any atom is 0.413 e. The first-order chi connectivity index (χ1) is 22.6. The van der Waals surface area contributed by atoms with Crippen molar-refractivity contribution in [2.45, 2.75) is 75.9 Å². The summed E-state index contributed by atoms with van der Waals surface area (Å²) in [5.41, 5.74) is -6.06. The Kier molecular flexibility index (Phi) is 9.51. The van der Waals surface area contributed by atoms with Crippen molar-refractivity contribution in [2.24, 2.45) is 22.7 Å². The van der Waals surface area contributed by atoms with E-state index in [2.05, 4.69) is 10.2 Å². The third-order valence-electron chi connectivity index (χ3n) is 11.0. The van der Waals surface area contributed by atoms with E-state index >= 15 is 4.39 Å². The maximum atomic E-state index is 17.2. The predicted molar refractivity (Wildman–Crippen MR) is 162 cm³/mol. The molecule has 14 nitrogen and oxygen atoms in total. The number of fused-ring (bicyclic) bond motifs is 5. The zero-order valence-corrected chi connectivity index (χ0v) is 26.6. The van der Waals surface area contributed by atoms with Crippen LogP contribution < -0.4 is 10.1 Å². The zero-order valence-electron chi connectivity index (χ0n) is 26.6. The number of rotatable bonds is 11. The number of esters is 1. The summed E-state index contributed by atoms with van der Waals surface area (Å²) in [5, 5.41) is 45.8. The summed E-state index contributed by atoms with van der Waals surface area (Å²) in [6.45, 7) is 1.47. The molecular weight excluding hydrogens is 635 g/mol. The number of aliphatic hydroxyl groups excluding tert-OH is 2. The molecule has 1 aromatic rings. The molecule has 0 aromatic heterocycles. The summed E-state index contributed by atoms with van der Waals surface area (Å²) in [5.74, 6) is -3.74. The third-order valence-corrected chi connectivity index (χ3v) is 11.0. The lowest BCUT2D eigenvalue weighted by Crippen LogP contribution is -2.69. The van der Waals surface area contributed by atoms with Crippen LogP contribution in [0.5, 0.6) is 5.75 Å². The normalized spacial score (nSPS) is 35.0. The molecule has 48 heavy (non-hydrogen) atoms. The Labute approximate surface area is 275 Å². The molecule has 3 fully saturated rings. The Hall–Kier alpha value is -4.21. The van der Waals surface area contributed by atoms with Crippen LogP contribution in [-0.4, -0.2) is 87.3 Å². The highest BCUT2D eigenvalue weighted by atomic mass is 19.1. The quantitative estimate of drug-likeness (QED) is 0.115. The van der Waals surface area contributed by atoms with Gasteiger partial charge in [0.2, 0.25) is 5.78 Å². The second-order valence-electron chi connectivity index (χ2n) is 13.4. The lowest BCUT2D eigenvalue weighted by atomic mass is 9.44. The van der Waals surface area contributed by atoms with Crippen molar-refractivity contribution in [2.75, 3.05) is 19.8 Å². The van der Waals surface area contributed by atoms with Crippen LogP contribution in [0.15, 0.2) is 48.1 Å². The maximum absolute atomic E-state index is 17.2. The molecule has 3 saturated carbocycles. The van der Waals surface area contributed by atoms with E-state index in [1.165, 1.54) is 37.3 Å². The number of hydrogen-bond donors (Lipinski definition) is 4. The summed E-state index contributed by atoms with van der Waals surface area (Å²) in [6.07, 6.45) is 0.888. The number of aliphatic hydroxyl groups is 3. The highest BCUT2D eigenvalue weighted by Gasteiger charge is 2.76. The molecule has 0 aliphatic heterocycles. The first-order valence-electron chi connectivity index (χ1n) is 15.8. The SMILES string of the molecule is C[C@]12C=CC(=O)C=C1CCC1C3C[C@@H](O)[C@](O)(C(=O)COC(=O)CNC(=O)Oc4ccc(CCCO[N+](=O)[O-])cc4)[C@@]3(C)C[C@H](O)[C@@]12F. The van der Waals surface area contributed by atoms with Crippen LogP contribution in [0.1, 0.15) is 51.5 Å². The van der Waals surface area contributed by atoms with Crippen LogP contribution >= 0.6 is 0 Å². The number of ketones is 2. The molecule has 15 heteroatoms. The Morgan fingerprint density at radius 1 is 1.12 bits per heavy atom. The summed E-state index contributed by atoms with van der Waals surface area (Å²) >= 11 is 0. The number of Topliss-reactive ketones (excluding diaryl/α,β-unsaturated/α-hetero) is 1. The van der Waals surface area contributed by atoms with Crippen LogP contribution in [0, 0.1) is 32.8 Å². The minimum Gasteiger partial charge on any atom is -0.456 e. The number of nitrogens with zero attached hydrogens (tertiary/aromatic N) is 1. The molecule has 8 atom stereocenters. The number of allylic oxidation sites excluding steroid dienone is 4. The Balaban J connectivity index is 1.16. The van der Waals surface area contributed by atoms with E-state index in [0.717, 1.165) is 5.56 Å². The van der Waals surface area contributed by atoms with Gasteiger partial charge in [-0.05, 0) is 81.2 Å². The molecule has 1 aromatic carbocycles. The molecule has 0 saturated heterocycles. The van der Waals surface area contributed by atoms with Gasteiger partial charge in [0.15, 0.2) is 23.7 Å². The molecule has 0 heterocycles. The predicted octanol–water partition coefficient (Wildman–Crippen LogP) is 2.10. The molecule has 4 aliphatic carbocycles. The molecule has 0 spiro atoms. The van der Waals surface area contributed by atoms with Crippen LogP contribution in [0.25, 0.3) is 0 Å². The van der Waals surface area contributed by atoms with E-state index in [1.807, 2.05) is 0 Å². The topological polar surface area (TPSA) is 212 Å². The van der Waals surface area contributed by atoms with Gasteiger partial charge in [0, 0.05) is 16.7 Å². The van der Waals surface area contributed by atoms with Crippen molar-refractivity contribution in [3.63, 3.8) is 0 Å². The van der Waals surface area contributed by atoms with Gasteiger partial charge in [0.05, 0.1) is 18.8 Å². The molecule has 5 rings (SSSR count). The Morgan fingerprint density at radius 2 is 1.83 bits per heavy atom. The van der Waals surface area contributed by atoms with Crippen molar-refractivity contribution in [1.82, 2.24) is 5.32 Å². The van der Waals surface area contributed by atoms with E-state index in [0.29, 0.717) is 24.8 Å². The van der Waals surface area contributed by atoms with Gasteiger partial charge in [-0.3, -0.25) is 14.4 Å². The fraction of sp³-hybridized carbons (Fsp3) is 0.576. The number of alkyl halides is 1. The number of benzene rings is 1. The molecule has 4 N–H and O–H groups in total. The largest absolute Gasteiger partial charge is 0.456 e. The van der Waals surface area contributed by atoms with Crippen molar-refractivity contribution < 1.29 is 58.3 Å². The monoisotopic (exact) mass is 674 g/mol. The van der Waals surface area contributed by atoms with Gasteiger partial charge in [-0.1, -0.05) is 30.7 Å². The van der Waals surface area contributed by atoms with Gasteiger partial charge in [-0.2, -0.15) is 0 Å². The molecule has 0 bridgehead atoms. The van der Waals surface area contributed by atoms with Gasteiger partial charge in [0.1, 0.15) is 12.3 Å². The number of hydrogen-bond acceptors (Lipinski definition) is 12. The van der Waals surface area contributed by atoms with E-state index in [9.17, 15) is 44.6 Å². The number of amides is 1. The second kappa shape index (κ2) is 13.0. The molecule has 260 valence electrons. The summed E-state index contributed by atoms with van der Waals surface area (Å²) in [6, 6.07) is 6.29. The van der Waals surface area contributed by atoms with Crippen molar-refractivity contribution >= 4 is 23.6 Å². The summed E-state index contributed by atoms with van der Waals surface area (Å²) < 4.78 is 27.4. The van der Waals surface area contributed by atoms with Gasteiger partial charge in [-0.15, -0.1) is 10.1 Å². The van der Waals surface area contributed by atoms with E-state index in [4.69, 9.17) is 9.47 Å². The van der Waals surface area contributed by atoms with Crippen LogP contribution in [0.3, 0.4) is 0 Å². The number of ether oxygens (including phenoxy) is 2. The smallest absolute Gasteiger partial charge is 0.413 e. The lowest BCUT2D eigenvalue weighted by Gasteiger charge is -2.62. The van der Waals surface area contributed by atoms with Crippen LogP contribution in [0.4, 0.5) is 9.18 Å². The van der Waals surface area contributed by atoms with Crippen molar-refractivity contribution in [3.05, 3.63) is 63.7 Å². The third kappa shape index (κ3) is 5.87. The minimum absolute atomic E-state index is 0.0561. The molecule has 1 amide bonds. The van der Waals surface area contributed by atoms with E-state index in [-0.39, 0.29) is 37.4 Å². The molecule has 4 aliphatic rings. The fourth-order valence-electron chi connectivity index (χ4n) is 8.46. The van der Waals surface area contributed by atoms with Gasteiger partial charge in [-0.25, -0.2) is 9.18 Å². The number of halogens is 1. The molecular formula is C33H39FN2O12. The fourth-order valence-corrected chi connectivity index (χ4v) is 8.46. The highest BCUT2D eigenvalue weighted by molar-refractivity contribution is 6.01. The van der Waals surface area contributed by atoms with Crippen molar-refractivity contribution in [3.8, 4) is 5.75 Å². The number of carbonyl (C=O) groups excluding carboxylic acids is 4. The zero-order chi connectivity index (χ0) is 35.1. The van der Waals surface area contributed by atoms with E-state index in [1.54, 1.807) is 19.1 Å².